The molecule has 1 nitrogen and oxygen atoms in total. The van der Waals surface area contributed by atoms with Gasteiger partial charge in [-0.3, -0.25) is 0 Å². The molecule has 0 fully saturated rings. The second-order valence-corrected chi connectivity index (χ2v) is 6.68. The minimum absolute atomic E-state index is 0. The van der Waals surface area contributed by atoms with Crippen molar-refractivity contribution < 1.29 is 20.1 Å². The van der Waals surface area contributed by atoms with Gasteiger partial charge in [0, 0.05) is 26.3 Å². The Balaban J connectivity index is 0.00000157. The first-order valence-corrected chi connectivity index (χ1v) is 8.70. The molecule has 0 bridgehead atoms. The Bertz CT molecular complexity index is 1070. The van der Waals surface area contributed by atoms with E-state index in [1.165, 1.54) is 58.4 Å². The average Bonchev–Trinajstić information content (AvgIpc) is 2.67. The van der Waals surface area contributed by atoms with Crippen LogP contribution in [0.5, 0.6) is 0 Å². The molecule has 0 aliphatic heterocycles. The predicted octanol–water partition coefficient (Wildman–Crippen LogP) is 5.73. The van der Waals surface area contributed by atoms with E-state index in [9.17, 15) is 0 Å². The molecule has 0 amide bonds. The standard InChI is InChI=1S/C23H18N.Ir/c1-2-7-18-13-19(11-9-16(18)5-1)23-14-22-20(15-24-23)12-10-17-6-3-4-8-21(17)22;/h3-4,6,8-10,12-15H,1-2,5,7H2;/q-1;. The van der Waals surface area contributed by atoms with Gasteiger partial charge in [0.2, 0.25) is 0 Å². The smallest absolute Gasteiger partial charge is 0.0239 e. The number of rotatable bonds is 1. The maximum absolute atomic E-state index is 4.70. The molecule has 1 heterocycles. The van der Waals surface area contributed by atoms with E-state index in [-0.39, 0.29) is 20.1 Å². The number of benzene rings is 3. The molecule has 0 unspecified atom stereocenters. The van der Waals surface area contributed by atoms with Crippen molar-refractivity contribution >= 4 is 21.5 Å². The molecule has 3 aromatic carbocycles. The van der Waals surface area contributed by atoms with Crippen molar-refractivity contribution in [3.8, 4) is 11.3 Å². The normalized spacial score (nSPS) is 13.4. The minimum atomic E-state index is 0. The summed E-state index contributed by atoms with van der Waals surface area (Å²) in [7, 11) is 0. The van der Waals surface area contributed by atoms with Gasteiger partial charge in [-0.25, -0.2) is 0 Å². The minimum Gasteiger partial charge on any atom is -0.304 e. The Morgan fingerprint density at radius 3 is 2.52 bits per heavy atom. The van der Waals surface area contributed by atoms with E-state index in [0.717, 1.165) is 11.3 Å². The van der Waals surface area contributed by atoms with Crippen LogP contribution in [0.25, 0.3) is 32.8 Å². The van der Waals surface area contributed by atoms with Crippen LogP contribution in [0, 0.1) is 6.07 Å². The van der Waals surface area contributed by atoms with Crippen LogP contribution in [-0.2, 0) is 32.9 Å². The van der Waals surface area contributed by atoms with Crippen molar-refractivity contribution in [2.45, 2.75) is 25.7 Å². The first kappa shape index (κ1) is 16.4. The van der Waals surface area contributed by atoms with Crippen LogP contribution >= 0.6 is 0 Å². The summed E-state index contributed by atoms with van der Waals surface area (Å²) in [6.07, 6.45) is 6.98. The molecule has 1 radical (unpaired) electrons. The topological polar surface area (TPSA) is 12.9 Å². The maximum Gasteiger partial charge on any atom is 0.0239 e. The number of hydrogen-bond acceptors (Lipinski definition) is 1. The molecule has 125 valence electrons. The number of hydrogen-bond donors (Lipinski definition) is 0. The zero-order valence-electron chi connectivity index (χ0n) is 13.9. The van der Waals surface area contributed by atoms with E-state index in [0.29, 0.717) is 0 Å². The van der Waals surface area contributed by atoms with Gasteiger partial charge in [0.1, 0.15) is 0 Å². The maximum atomic E-state index is 4.70. The van der Waals surface area contributed by atoms with Crippen molar-refractivity contribution in [1.29, 1.82) is 0 Å². The fourth-order valence-electron chi connectivity index (χ4n) is 3.86. The molecule has 1 aliphatic rings. The molecular formula is C23H18IrN-. The third-order valence-corrected chi connectivity index (χ3v) is 5.18. The summed E-state index contributed by atoms with van der Waals surface area (Å²) >= 11 is 0. The van der Waals surface area contributed by atoms with Crippen LogP contribution in [0.4, 0.5) is 0 Å². The Hall–Kier alpha value is -2.02. The monoisotopic (exact) mass is 501 g/mol. The SMILES string of the molecule is [Ir].[c-]1cc2c(cc1-c1cc3c(ccc4ccccc43)cn1)CCCC2. The van der Waals surface area contributed by atoms with Crippen LogP contribution < -0.4 is 0 Å². The second-order valence-electron chi connectivity index (χ2n) is 6.68. The van der Waals surface area contributed by atoms with E-state index in [1.54, 1.807) is 0 Å². The Morgan fingerprint density at radius 1 is 0.800 bits per heavy atom. The first-order valence-electron chi connectivity index (χ1n) is 8.70. The van der Waals surface area contributed by atoms with Gasteiger partial charge in [0.15, 0.2) is 0 Å². The number of aromatic nitrogens is 1. The van der Waals surface area contributed by atoms with Crippen molar-refractivity contribution in [3.63, 3.8) is 0 Å². The van der Waals surface area contributed by atoms with E-state index >= 15 is 0 Å². The quantitative estimate of drug-likeness (QED) is 0.240. The van der Waals surface area contributed by atoms with Gasteiger partial charge in [0.05, 0.1) is 0 Å². The zero-order valence-corrected chi connectivity index (χ0v) is 16.3. The van der Waals surface area contributed by atoms with E-state index in [4.69, 9.17) is 4.98 Å². The fraction of sp³-hybridized carbons (Fsp3) is 0.174. The Kier molecular flexibility index (Phi) is 4.41. The van der Waals surface area contributed by atoms with E-state index in [2.05, 4.69) is 60.7 Å². The third kappa shape index (κ3) is 2.90. The van der Waals surface area contributed by atoms with E-state index in [1.807, 2.05) is 6.20 Å². The Labute approximate surface area is 161 Å². The van der Waals surface area contributed by atoms with Crippen LogP contribution in [0.2, 0.25) is 0 Å². The zero-order chi connectivity index (χ0) is 15.9. The summed E-state index contributed by atoms with van der Waals surface area (Å²) in [5, 5.41) is 5.02. The largest absolute Gasteiger partial charge is 0.304 e. The van der Waals surface area contributed by atoms with Crippen molar-refractivity contribution in [1.82, 2.24) is 4.98 Å². The Morgan fingerprint density at radius 2 is 1.60 bits per heavy atom. The summed E-state index contributed by atoms with van der Waals surface area (Å²) in [6.45, 7) is 0. The van der Waals surface area contributed by atoms with Crippen LogP contribution in [0.3, 0.4) is 0 Å². The summed E-state index contributed by atoms with van der Waals surface area (Å²) < 4.78 is 0. The predicted molar refractivity (Wildman–Crippen MR) is 100 cm³/mol. The summed E-state index contributed by atoms with van der Waals surface area (Å²) in [5.74, 6) is 0. The van der Waals surface area contributed by atoms with Gasteiger partial charge in [-0.2, -0.15) is 0 Å². The van der Waals surface area contributed by atoms with Gasteiger partial charge in [0.25, 0.3) is 0 Å². The molecule has 1 aliphatic carbocycles. The molecule has 1 aromatic heterocycles. The summed E-state index contributed by atoms with van der Waals surface area (Å²) in [4.78, 5) is 4.70. The molecule has 0 atom stereocenters. The third-order valence-electron chi connectivity index (χ3n) is 5.18. The number of fused-ring (bicyclic) bond motifs is 4. The van der Waals surface area contributed by atoms with Crippen molar-refractivity contribution in [3.05, 3.63) is 78.0 Å². The van der Waals surface area contributed by atoms with Gasteiger partial charge in [-0.1, -0.05) is 61.7 Å². The van der Waals surface area contributed by atoms with Gasteiger partial charge in [-0.15, -0.1) is 34.9 Å². The van der Waals surface area contributed by atoms with Crippen molar-refractivity contribution in [2.24, 2.45) is 0 Å². The van der Waals surface area contributed by atoms with E-state index < -0.39 is 0 Å². The molecule has 0 saturated carbocycles. The molecule has 5 rings (SSSR count). The molecule has 0 saturated heterocycles. The number of nitrogens with zero attached hydrogens (tertiary/aromatic N) is 1. The molecule has 2 heteroatoms. The fourth-order valence-corrected chi connectivity index (χ4v) is 3.86. The molecule has 4 aromatic rings. The molecule has 25 heavy (non-hydrogen) atoms. The average molecular weight is 501 g/mol. The second kappa shape index (κ2) is 6.71. The van der Waals surface area contributed by atoms with Crippen LogP contribution in [-0.4, -0.2) is 4.98 Å². The first-order chi connectivity index (χ1) is 11.9. The van der Waals surface area contributed by atoms with Crippen molar-refractivity contribution in [2.75, 3.05) is 0 Å². The number of aryl methyl sites for hydroxylation is 2. The van der Waals surface area contributed by atoms with Gasteiger partial charge in [-0.05, 0) is 33.7 Å². The molecule has 0 spiro atoms. The summed E-state index contributed by atoms with van der Waals surface area (Å²) in [6, 6.07) is 23.0. The summed E-state index contributed by atoms with van der Waals surface area (Å²) in [5.41, 5.74) is 5.09. The van der Waals surface area contributed by atoms with Crippen LogP contribution in [0.15, 0.2) is 60.8 Å². The number of pyridine rings is 1. The van der Waals surface area contributed by atoms with Gasteiger partial charge < -0.3 is 4.98 Å². The molecular weight excluding hydrogens is 482 g/mol. The van der Waals surface area contributed by atoms with Gasteiger partial charge >= 0.3 is 0 Å². The molecule has 0 N–H and O–H groups in total. The van der Waals surface area contributed by atoms with Crippen LogP contribution in [0.1, 0.15) is 24.0 Å².